The fourth-order valence-electron chi connectivity index (χ4n) is 2.94. The smallest absolute Gasteiger partial charge is 0.257 e. The van der Waals surface area contributed by atoms with Gasteiger partial charge in [-0.3, -0.25) is 10.1 Å². The van der Waals surface area contributed by atoms with E-state index in [2.05, 4.69) is 15.5 Å². The highest BCUT2D eigenvalue weighted by Gasteiger charge is 2.14. The summed E-state index contributed by atoms with van der Waals surface area (Å²) < 4.78 is 0. The second-order valence-corrected chi connectivity index (χ2v) is 7.38. The van der Waals surface area contributed by atoms with Crippen molar-refractivity contribution in [3.63, 3.8) is 0 Å². The Hall–Kier alpha value is -1.82. The number of carbonyl (C=O) groups excluding carboxylic acids is 1. The van der Waals surface area contributed by atoms with Crippen LogP contribution in [-0.2, 0) is 0 Å². The first kappa shape index (κ1) is 19.0. The fourth-order valence-corrected chi connectivity index (χ4v) is 3.64. The molecule has 0 saturated carbocycles. The number of nitrogens with zero attached hydrogens (tertiary/aromatic N) is 1. The molecule has 2 aromatic rings. The molecule has 1 aliphatic rings. The number of rotatable bonds is 3. The second kappa shape index (κ2) is 8.71. The number of nitrogens with one attached hydrogen (secondary N) is 2. The topological polar surface area (TPSA) is 44.4 Å². The lowest BCUT2D eigenvalue weighted by molar-refractivity contribution is 0.0977. The Balaban J connectivity index is 1.62. The molecule has 0 atom stereocenters. The third-order valence-corrected chi connectivity index (χ3v) is 4.96. The average Bonchev–Trinajstić information content (AvgIpc) is 2.62. The molecule has 3 rings (SSSR count). The van der Waals surface area contributed by atoms with E-state index >= 15 is 0 Å². The maximum Gasteiger partial charge on any atom is 0.257 e. The highest BCUT2D eigenvalue weighted by molar-refractivity contribution is 7.80. The predicted octanol–water partition coefficient (Wildman–Crippen LogP) is 5.11. The zero-order valence-electron chi connectivity index (χ0n) is 14.1. The molecule has 1 aliphatic heterocycles. The number of piperidine rings is 1. The Bertz CT molecular complexity index is 822. The van der Waals surface area contributed by atoms with Crippen LogP contribution >= 0.6 is 35.4 Å². The maximum atomic E-state index is 12.2. The summed E-state index contributed by atoms with van der Waals surface area (Å²) in [6.07, 6.45) is 3.65. The summed E-state index contributed by atoms with van der Waals surface area (Å²) in [7, 11) is 0. The minimum atomic E-state index is -0.318. The normalized spacial score (nSPS) is 14.0. The number of anilines is 2. The first-order valence-corrected chi connectivity index (χ1v) is 9.62. The van der Waals surface area contributed by atoms with Gasteiger partial charge in [-0.1, -0.05) is 29.3 Å². The molecule has 0 bridgehead atoms. The van der Waals surface area contributed by atoms with Crippen LogP contribution in [0.1, 0.15) is 29.6 Å². The van der Waals surface area contributed by atoms with Crippen LogP contribution in [0.25, 0.3) is 0 Å². The SMILES string of the molecule is O=C(NC(=S)Nc1ccc(N2CCCCC2)c(Cl)c1)c1cccc(Cl)c1. The Morgan fingerprint density at radius 2 is 1.81 bits per heavy atom. The zero-order valence-corrected chi connectivity index (χ0v) is 16.4. The predicted molar refractivity (Wildman–Crippen MR) is 113 cm³/mol. The van der Waals surface area contributed by atoms with E-state index in [4.69, 9.17) is 35.4 Å². The molecular weight excluding hydrogens is 389 g/mol. The van der Waals surface area contributed by atoms with E-state index < -0.39 is 0 Å². The molecule has 1 fully saturated rings. The Morgan fingerprint density at radius 3 is 2.50 bits per heavy atom. The van der Waals surface area contributed by atoms with Crippen molar-refractivity contribution in [1.82, 2.24) is 5.32 Å². The summed E-state index contributed by atoms with van der Waals surface area (Å²) in [4.78, 5) is 14.5. The van der Waals surface area contributed by atoms with Crippen molar-refractivity contribution in [2.24, 2.45) is 0 Å². The van der Waals surface area contributed by atoms with Gasteiger partial charge in [-0.05, 0) is 67.9 Å². The van der Waals surface area contributed by atoms with Crippen molar-refractivity contribution in [3.05, 3.63) is 58.1 Å². The monoisotopic (exact) mass is 407 g/mol. The molecule has 2 aromatic carbocycles. The summed E-state index contributed by atoms with van der Waals surface area (Å²) in [6, 6.07) is 12.4. The van der Waals surface area contributed by atoms with Gasteiger partial charge in [-0.15, -0.1) is 0 Å². The van der Waals surface area contributed by atoms with E-state index in [1.807, 2.05) is 18.2 Å². The number of hydrogen-bond acceptors (Lipinski definition) is 3. The van der Waals surface area contributed by atoms with Gasteiger partial charge in [0, 0.05) is 29.4 Å². The summed E-state index contributed by atoms with van der Waals surface area (Å²) in [6.45, 7) is 2.06. The molecule has 0 spiro atoms. The Morgan fingerprint density at radius 1 is 1.04 bits per heavy atom. The first-order chi connectivity index (χ1) is 12.5. The molecule has 1 heterocycles. The molecule has 0 radical (unpaired) electrons. The molecule has 26 heavy (non-hydrogen) atoms. The van der Waals surface area contributed by atoms with E-state index in [1.165, 1.54) is 19.3 Å². The third-order valence-electron chi connectivity index (χ3n) is 4.22. The number of amides is 1. The van der Waals surface area contributed by atoms with Crippen molar-refractivity contribution in [2.75, 3.05) is 23.3 Å². The van der Waals surface area contributed by atoms with Crippen LogP contribution in [0.3, 0.4) is 0 Å². The molecule has 0 aromatic heterocycles. The van der Waals surface area contributed by atoms with Crippen LogP contribution in [0.15, 0.2) is 42.5 Å². The second-order valence-electron chi connectivity index (χ2n) is 6.13. The number of halogens is 2. The van der Waals surface area contributed by atoms with E-state index in [-0.39, 0.29) is 11.0 Å². The van der Waals surface area contributed by atoms with Gasteiger partial charge in [0.15, 0.2) is 5.11 Å². The van der Waals surface area contributed by atoms with Crippen LogP contribution in [0, 0.1) is 0 Å². The van der Waals surface area contributed by atoms with Gasteiger partial charge in [-0.25, -0.2) is 0 Å². The quantitative estimate of drug-likeness (QED) is 0.693. The molecule has 1 amide bonds. The molecule has 0 unspecified atom stereocenters. The number of thiocarbonyl (C=S) groups is 1. The van der Waals surface area contributed by atoms with E-state index in [9.17, 15) is 4.79 Å². The number of carbonyl (C=O) groups is 1. The van der Waals surface area contributed by atoms with Gasteiger partial charge in [0.1, 0.15) is 0 Å². The first-order valence-electron chi connectivity index (χ1n) is 8.45. The van der Waals surface area contributed by atoms with Crippen LogP contribution in [0.4, 0.5) is 11.4 Å². The standard InChI is InChI=1S/C19H19Cl2N3OS/c20-14-6-4-5-13(11-14)18(25)23-19(26)22-15-7-8-17(16(21)12-15)24-9-2-1-3-10-24/h4-8,11-12H,1-3,9-10H2,(H2,22,23,25,26). The average molecular weight is 408 g/mol. The third kappa shape index (κ3) is 4.87. The van der Waals surface area contributed by atoms with Gasteiger partial charge in [0.25, 0.3) is 5.91 Å². The molecule has 4 nitrogen and oxygen atoms in total. The van der Waals surface area contributed by atoms with Crippen LogP contribution in [0.5, 0.6) is 0 Å². The Labute approximate surface area is 168 Å². The largest absolute Gasteiger partial charge is 0.370 e. The van der Waals surface area contributed by atoms with Crippen LogP contribution in [-0.4, -0.2) is 24.1 Å². The molecular formula is C19H19Cl2N3OS. The fraction of sp³-hybridized carbons (Fsp3) is 0.263. The highest BCUT2D eigenvalue weighted by Crippen LogP contribution is 2.30. The highest BCUT2D eigenvalue weighted by atomic mass is 35.5. The lowest BCUT2D eigenvalue weighted by Crippen LogP contribution is -2.34. The molecule has 0 aliphatic carbocycles. The number of hydrogen-bond donors (Lipinski definition) is 2. The van der Waals surface area contributed by atoms with E-state index in [1.54, 1.807) is 24.3 Å². The van der Waals surface area contributed by atoms with Crippen molar-refractivity contribution in [2.45, 2.75) is 19.3 Å². The van der Waals surface area contributed by atoms with Crippen molar-refractivity contribution >= 4 is 57.8 Å². The molecule has 7 heteroatoms. The lowest BCUT2D eigenvalue weighted by Gasteiger charge is -2.29. The van der Waals surface area contributed by atoms with Crippen molar-refractivity contribution in [1.29, 1.82) is 0 Å². The van der Waals surface area contributed by atoms with Gasteiger partial charge in [-0.2, -0.15) is 0 Å². The van der Waals surface area contributed by atoms with Crippen LogP contribution in [0.2, 0.25) is 10.0 Å². The summed E-state index contributed by atoms with van der Waals surface area (Å²) in [5, 5.41) is 7.00. The lowest BCUT2D eigenvalue weighted by atomic mass is 10.1. The number of benzene rings is 2. The van der Waals surface area contributed by atoms with E-state index in [0.29, 0.717) is 15.6 Å². The maximum absolute atomic E-state index is 12.2. The van der Waals surface area contributed by atoms with Crippen molar-refractivity contribution in [3.8, 4) is 0 Å². The summed E-state index contributed by atoms with van der Waals surface area (Å²) >= 11 is 17.6. The Kier molecular flexibility index (Phi) is 6.35. The van der Waals surface area contributed by atoms with Crippen LogP contribution < -0.4 is 15.5 Å². The van der Waals surface area contributed by atoms with Gasteiger partial charge in [0.05, 0.1) is 10.7 Å². The van der Waals surface area contributed by atoms with Crippen molar-refractivity contribution < 1.29 is 4.79 Å². The summed E-state index contributed by atoms with van der Waals surface area (Å²) in [5.74, 6) is -0.318. The summed E-state index contributed by atoms with van der Waals surface area (Å²) in [5.41, 5.74) is 2.21. The van der Waals surface area contributed by atoms with Gasteiger partial charge in [0.2, 0.25) is 0 Å². The molecule has 1 saturated heterocycles. The molecule has 2 N–H and O–H groups in total. The minimum absolute atomic E-state index is 0.205. The zero-order chi connectivity index (χ0) is 18.5. The van der Waals surface area contributed by atoms with Gasteiger partial charge < -0.3 is 10.2 Å². The minimum Gasteiger partial charge on any atom is -0.370 e. The van der Waals surface area contributed by atoms with E-state index in [0.717, 1.165) is 24.5 Å². The van der Waals surface area contributed by atoms with Gasteiger partial charge >= 0.3 is 0 Å². The molecule has 136 valence electrons.